The number of sulfonamides is 1. The molecule has 0 fully saturated rings. The number of hydrogen-bond acceptors (Lipinski definition) is 6. The Hall–Kier alpha value is -2.72. The summed E-state index contributed by atoms with van der Waals surface area (Å²) in [5.41, 5.74) is 7.11. The lowest BCUT2D eigenvalue weighted by molar-refractivity contribution is 0.0941. The molecule has 0 saturated heterocycles. The summed E-state index contributed by atoms with van der Waals surface area (Å²) < 4.78 is 27.7. The summed E-state index contributed by atoms with van der Waals surface area (Å²) in [7, 11) is -3.84. The van der Waals surface area contributed by atoms with E-state index >= 15 is 0 Å². The van der Waals surface area contributed by atoms with Crippen LogP contribution in [0.1, 0.15) is 17.3 Å². The molecule has 11 heteroatoms. The van der Waals surface area contributed by atoms with Crippen molar-refractivity contribution in [1.29, 1.82) is 0 Å². The van der Waals surface area contributed by atoms with Gasteiger partial charge in [-0.1, -0.05) is 29.8 Å². The van der Waals surface area contributed by atoms with Gasteiger partial charge in [0.2, 0.25) is 0 Å². The lowest BCUT2D eigenvalue weighted by Gasteiger charge is -2.13. The summed E-state index contributed by atoms with van der Waals surface area (Å²) in [5.74, 6) is -0.311. The zero-order chi connectivity index (χ0) is 21.7. The minimum atomic E-state index is -3.84. The fourth-order valence-corrected chi connectivity index (χ4v) is 3.85. The van der Waals surface area contributed by atoms with Gasteiger partial charge < -0.3 is 11.1 Å². The first kappa shape index (κ1) is 24.5. The molecule has 1 unspecified atom stereocenters. The molecule has 0 bridgehead atoms. The summed E-state index contributed by atoms with van der Waals surface area (Å²) in [4.78, 5) is 20.6. The van der Waals surface area contributed by atoms with Crippen LogP contribution < -0.4 is 15.8 Å². The predicted octanol–water partition coefficient (Wildman–Crippen LogP) is 3.10. The molecule has 0 saturated carbocycles. The molecule has 1 atom stereocenters. The van der Waals surface area contributed by atoms with Crippen molar-refractivity contribution in [2.24, 2.45) is 5.73 Å². The molecule has 2 aromatic heterocycles. The summed E-state index contributed by atoms with van der Waals surface area (Å²) in [6.07, 6.45) is 4.46. The van der Waals surface area contributed by atoms with Gasteiger partial charge in [-0.15, -0.1) is 12.4 Å². The van der Waals surface area contributed by atoms with Gasteiger partial charge in [-0.3, -0.25) is 14.5 Å². The van der Waals surface area contributed by atoms with Gasteiger partial charge in [0, 0.05) is 42.3 Å². The van der Waals surface area contributed by atoms with Crippen LogP contribution in [0.15, 0.2) is 66.0 Å². The fourth-order valence-electron chi connectivity index (χ4n) is 2.57. The van der Waals surface area contributed by atoms with Gasteiger partial charge in [0.15, 0.2) is 5.15 Å². The van der Waals surface area contributed by atoms with E-state index in [2.05, 4.69) is 20.0 Å². The highest BCUT2D eigenvalue weighted by Gasteiger charge is 2.17. The van der Waals surface area contributed by atoms with Gasteiger partial charge in [0.25, 0.3) is 15.9 Å². The van der Waals surface area contributed by atoms with Crippen LogP contribution >= 0.6 is 24.0 Å². The number of nitrogens with two attached hydrogens (primary N) is 1. The number of halogens is 2. The van der Waals surface area contributed by atoms with Gasteiger partial charge in [0.1, 0.15) is 0 Å². The lowest BCUT2D eigenvalue weighted by atomic mass is 10.1. The zero-order valence-electron chi connectivity index (χ0n) is 16.4. The van der Waals surface area contributed by atoms with Gasteiger partial charge in [-0.25, -0.2) is 13.4 Å². The van der Waals surface area contributed by atoms with E-state index in [1.165, 1.54) is 30.6 Å². The molecule has 0 aliphatic heterocycles. The van der Waals surface area contributed by atoms with Crippen LogP contribution in [0, 0.1) is 0 Å². The Labute approximate surface area is 191 Å². The van der Waals surface area contributed by atoms with Crippen LogP contribution in [0.2, 0.25) is 5.15 Å². The zero-order valence-corrected chi connectivity index (χ0v) is 18.8. The normalized spacial score (nSPS) is 11.8. The lowest BCUT2D eigenvalue weighted by Crippen LogP contribution is -2.37. The minimum absolute atomic E-state index is 0. The maximum atomic E-state index is 12.6. The average Bonchev–Trinajstić information content (AvgIpc) is 2.75. The maximum Gasteiger partial charge on any atom is 0.261 e. The Morgan fingerprint density at radius 1 is 1.13 bits per heavy atom. The Morgan fingerprint density at radius 3 is 2.48 bits per heavy atom. The number of anilines is 1. The highest BCUT2D eigenvalue weighted by Crippen LogP contribution is 2.28. The molecule has 2 heterocycles. The van der Waals surface area contributed by atoms with Crippen molar-refractivity contribution in [2.75, 3.05) is 11.3 Å². The van der Waals surface area contributed by atoms with Crippen molar-refractivity contribution in [2.45, 2.75) is 17.9 Å². The number of rotatable bonds is 7. The molecule has 0 aliphatic rings. The highest BCUT2D eigenvalue weighted by molar-refractivity contribution is 7.92. The summed E-state index contributed by atoms with van der Waals surface area (Å²) in [5, 5.41) is 2.76. The molecule has 4 N–H and O–H groups in total. The van der Waals surface area contributed by atoms with Crippen LogP contribution in [0.3, 0.4) is 0 Å². The second-order valence-corrected chi connectivity index (χ2v) is 8.59. The van der Waals surface area contributed by atoms with Crippen LogP contribution in [-0.4, -0.2) is 36.9 Å². The molecule has 1 aromatic carbocycles. The third-order valence-corrected chi connectivity index (χ3v) is 5.88. The number of hydrogen-bond donors (Lipinski definition) is 3. The first-order chi connectivity index (χ1) is 14.3. The third kappa shape index (κ3) is 6.14. The quantitative estimate of drug-likeness (QED) is 0.444. The van der Waals surface area contributed by atoms with E-state index in [1.54, 1.807) is 37.4 Å². The van der Waals surface area contributed by atoms with E-state index in [4.69, 9.17) is 17.3 Å². The summed E-state index contributed by atoms with van der Waals surface area (Å²) >= 11 is 6.10. The van der Waals surface area contributed by atoms with Gasteiger partial charge in [0.05, 0.1) is 16.1 Å². The summed E-state index contributed by atoms with van der Waals surface area (Å²) in [6, 6.07) is 10.9. The molecule has 0 radical (unpaired) electrons. The van der Waals surface area contributed by atoms with E-state index in [9.17, 15) is 13.2 Å². The number of carbonyl (C=O) groups is 1. The molecule has 8 nitrogen and oxygen atoms in total. The van der Waals surface area contributed by atoms with E-state index in [-0.39, 0.29) is 40.1 Å². The van der Waals surface area contributed by atoms with Crippen molar-refractivity contribution in [1.82, 2.24) is 15.3 Å². The number of amides is 1. The van der Waals surface area contributed by atoms with E-state index in [0.717, 1.165) is 0 Å². The number of aromatic nitrogens is 2. The number of carbonyl (C=O) groups excluding carboxylic acids is 1. The van der Waals surface area contributed by atoms with Gasteiger partial charge in [-0.05, 0) is 31.2 Å². The van der Waals surface area contributed by atoms with Crippen molar-refractivity contribution in [3.63, 3.8) is 0 Å². The Kier molecular flexibility index (Phi) is 8.35. The van der Waals surface area contributed by atoms with Crippen LogP contribution in [0.5, 0.6) is 0 Å². The topological polar surface area (TPSA) is 127 Å². The first-order valence-corrected chi connectivity index (χ1v) is 10.9. The molecule has 0 aliphatic carbocycles. The number of benzene rings is 1. The first-order valence-electron chi connectivity index (χ1n) is 9.00. The highest BCUT2D eigenvalue weighted by atomic mass is 35.5. The smallest absolute Gasteiger partial charge is 0.261 e. The monoisotopic (exact) mass is 481 g/mol. The second kappa shape index (κ2) is 10.5. The molecule has 3 rings (SSSR count). The second-order valence-electron chi connectivity index (χ2n) is 6.55. The SMILES string of the molecule is CC(CN)NC(=O)c1cncc(-c2cnc(Cl)c(NS(=O)(=O)c3ccccc3)c2)c1.Cl. The number of nitrogens with zero attached hydrogens (tertiary/aromatic N) is 2. The number of nitrogens with one attached hydrogen (secondary N) is 2. The molecule has 0 spiro atoms. The molecule has 31 heavy (non-hydrogen) atoms. The molecular weight excluding hydrogens is 461 g/mol. The van der Waals surface area contributed by atoms with Gasteiger partial charge in [-0.2, -0.15) is 0 Å². The largest absolute Gasteiger partial charge is 0.348 e. The predicted molar refractivity (Wildman–Crippen MR) is 123 cm³/mol. The van der Waals surface area contributed by atoms with E-state index in [0.29, 0.717) is 23.2 Å². The van der Waals surface area contributed by atoms with Crippen LogP contribution in [-0.2, 0) is 10.0 Å². The Balaban J connectivity index is 0.00000341. The number of pyridine rings is 2. The van der Waals surface area contributed by atoms with Crippen LogP contribution in [0.4, 0.5) is 5.69 Å². The van der Waals surface area contributed by atoms with Crippen molar-refractivity contribution in [3.05, 3.63) is 71.8 Å². The van der Waals surface area contributed by atoms with Crippen molar-refractivity contribution < 1.29 is 13.2 Å². The summed E-state index contributed by atoms with van der Waals surface area (Å²) in [6.45, 7) is 2.11. The fraction of sp³-hybridized carbons (Fsp3) is 0.150. The van der Waals surface area contributed by atoms with Crippen LogP contribution in [0.25, 0.3) is 11.1 Å². The third-order valence-electron chi connectivity index (χ3n) is 4.20. The molecule has 1 amide bonds. The molecule has 164 valence electrons. The minimum Gasteiger partial charge on any atom is -0.348 e. The van der Waals surface area contributed by atoms with E-state index < -0.39 is 10.0 Å². The van der Waals surface area contributed by atoms with E-state index in [1.807, 2.05) is 0 Å². The Morgan fingerprint density at radius 2 is 1.81 bits per heavy atom. The van der Waals surface area contributed by atoms with Gasteiger partial charge >= 0.3 is 0 Å². The standard InChI is InChI=1S/C20H20ClN5O3S.ClH/c1-13(9-22)25-20(27)16-7-14(10-23-11-16)15-8-18(19(21)24-12-15)26-30(28,29)17-5-3-2-4-6-17;/h2-8,10-13,26H,9,22H2,1H3,(H,25,27);1H. The Bertz CT molecular complexity index is 1160. The van der Waals surface area contributed by atoms with Crippen molar-refractivity contribution >= 4 is 45.6 Å². The van der Waals surface area contributed by atoms with Crippen molar-refractivity contribution in [3.8, 4) is 11.1 Å². The molecule has 3 aromatic rings. The molecular formula is C20H21Cl2N5O3S. The average molecular weight is 482 g/mol. The maximum absolute atomic E-state index is 12.6.